The van der Waals surface area contributed by atoms with E-state index in [1.54, 1.807) is 6.07 Å². The number of nitrogens with one attached hydrogen (secondary N) is 1. The lowest BCUT2D eigenvalue weighted by molar-refractivity contribution is 0.0437. The number of hydrogen-bond acceptors (Lipinski definition) is 3. The highest BCUT2D eigenvalue weighted by Gasteiger charge is 2.30. The van der Waals surface area contributed by atoms with E-state index in [0.29, 0.717) is 5.56 Å². The Kier molecular flexibility index (Phi) is 2.75. The maximum atomic E-state index is 11.8. The van der Waals surface area contributed by atoms with Gasteiger partial charge in [-0.3, -0.25) is 0 Å². The van der Waals surface area contributed by atoms with Crippen molar-refractivity contribution in [1.82, 2.24) is 0 Å². The first-order chi connectivity index (χ1) is 9.16. The molecule has 19 heavy (non-hydrogen) atoms. The van der Waals surface area contributed by atoms with E-state index in [4.69, 9.17) is 4.74 Å². The van der Waals surface area contributed by atoms with E-state index in [2.05, 4.69) is 25.2 Å². The number of fused-ring (bicyclic) bond motifs is 1. The third kappa shape index (κ3) is 1.97. The summed E-state index contributed by atoms with van der Waals surface area (Å²) in [6.45, 7) is 4.12. The standard InChI is InChI=1S/C16H15NO2/c1-10-6-5-9-14(11(10)2)17-15-12-7-3-4-8-13(12)16(18)19-15/h3-9,15,17H,1-2H3. The highest BCUT2D eigenvalue weighted by Crippen LogP contribution is 2.32. The minimum Gasteiger partial charge on any atom is -0.434 e. The van der Waals surface area contributed by atoms with Gasteiger partial charge in [0.1, 0.15) is 0 Å². The number of rotatable bonds is 2. The zero-order valence-electron chi connectivity index (χ0n) is 10.9. The molecule has 0 aliphatic carbocycles. The van der Waals surface area contributed by atoms with E-state index in [1.165, 1.54) is 11.1 Å². The molecule has 3 heteroatoms. The highest BCUT2D eigenvalue weighted by molar-refractivity contribution is 5.94. The molecule has 0 fully saturated rings. The van der Waals surface area contributed by atoms with Gasteiger partial charge < -0.3 is 10.1 Å². The lowest BCUT2D eigenvalue weighted by Gasteiger charge is -2.17. The number of carbonyl (C=O) groups excluding carboxylic acids is 1. The zero-order valence-corrected chi connectivity index (χ0v) is 10.9. The molecule has 3 rings (SSSR count). The number of carbonyl (C=O) groups is 1. The maximum Gasteiger partial charge on any atom is 0.340 e. The highest BCUT2D eigenvalue weighted by atomic mass is 16.6. The van der Waals surface area contributed by atoms with Gasteiger partial charge in [-0.25, -0.2) is 4.79 Å². The van der Waals surface area contributed by atoms with Gasteiger partial charge in [0.25, 0.3) is 0 Å². The first-order valence-electron chi connectivity index (χ1n) is 6.29. The molecule has 2 aromatic rings. The smallest absolute Gasteiger partial charge is 0.340 e. The molecule has 0 bridgehead atoms. The van der Waals surface area contributed by atoms with Gasteiger partial charge in [0, 0.05) is 11.3 Å². The van der Waals surface area contributed by atoms with Gasteiger partial charge in [-0.15, -0.1) is 0 Å². The topological polar surface area (TPSA) is 38.3 Å². The number of benzene rings is 2. The number of cyclic esters (lactones) is 1. The number of anilines is 1. The normalized spacial score (nSPS) is 16.9. The van der Waals surface area contributed by atoms with E-state index in [1.807, 2.05) is 30.3 Å². The Morgan fingerprint density at radius 2 is 1.84 bits per heavy atom. The van der Waals surface area contributed by atoms with Crippen LogP contribution in [-0.4, -0.2) is 5.97 Å². The molecule has 0 amide bonds. The van der Waals surface area contributed by atoms with E-state index in [-0.39, 0.29) is 5.97 Å². The fourth-order valence-corrected chi connectivity index (χ4v) is 2.30. The molecule has 0 saturated carbocycles. The molecule has 1 atom stereocenters. The summed E-state index contributed by atoms with van der Waals surface area (Å²) in [6.07, 6.45) is -0.399. The molecular weight excluding hydrogens is 238 g/mol. The van der Waals surface area contributed by atoms with Gasteiger partial charge in [-0.05, 0) is 37.1 Å². The van der Waals surface area contributed by atoms with E-state index in [0.717, 1.165) is 11.3 Å². The summed E-state index contributed by atoms with van der Waals surface area (Å²) in [7, 11) is 0. The zero-order chi connectivity index (χ0) is 13.4. The molecule has 1 aliphatic rings. The van der Waals surface area contributed by atoms with Crippen LogP contribution in [0.4, 0.5) is 5.69 Å². The molecule has 1 N–H and O–H groups in total. The molecule has 1 unspecified atom stereocenters. The molecule has 0 saturated heterocycles. The van der Waals surface area contributed by atoms with E-state index in [9.17, 15) is 4.79 Å². The van der Waals surface area contributed by atoms with Gasteiger partial charge in [0.05, 0.1) is 5.56 Å². The number of aryl methyl sites for hydroxylation is 1. The van der Waals surface area contributed by atoms with Gasteiger partial charge in [-0.2, -0.15) is 0 Å². The Labute approximate surface area is 112 Å². The average Bonchev–Trinajstić information content (AvgIpc) is 2.73. The average molecular weight is 253 g/mol. The summed E-state index contributed by atoms with van der Waals surface area (Å²) in [4.78, 5) is 11.8. The Morgan fingerprint density at radius 3 is 2.68 bits per heavy atom. The van der Waals surface area contributed by atoms with Crippen LogP contribution in [0, 0.1) is 13.8 Å². The van der Waals surface area contributed by atoms with Crippen molar-refractivity contribution >= 4 is 11.7 Å². The summed E-state index contributed by atoms with van der Waals surface area (Å²) in [5.74, 6) is -0.265. The fourth-order valence-electron chi connectivity index (χ4n) is 2.30. The Balaban J connectivity index is 1.94. The first-order valence-corrected chi connectivity index (χ1v) is 6.29. The van der Waals surface area contributed by atoms with Crippen molar-refractivity contribution in [3.05, 3.63) is 64.7 Å². The van der Waals surface area contributed by atoms with E-state index >= 15 is 0 Å². The predicted molar refractivity (Wildman–Crippen MR) is 74.1 cm³/mol. The summed E-state index contributed by atoms with van der Waals surface area (Å²) in [6, 6.07) is 13.5. The summed E-state index contributed by atoms with van der Waals surface area (Å²) in [5.41, 5.74) is 4.92. The largest absolute Gasteiger partial charge is 0.434 e. The second kappa shape index (κ2) is 4.43. The van der Waals surface area contributed by atoms with Crippen molar-refractivity contribution in [1.29, 1.82) is 0 Å². The van der Waals surface area contributed by atoms with Crippen molar-refractivity contribution in [2.45, 2.75) is 20.1 Å². The summed E-state index contributed by atoms with van der Waals surface area (Å²) >= 11 is 0. The number of hydrogen-bond donors (Lipinski definition) is 1. The molecule has 1 heterocycles. The molecule has 3 nitrogen and oxygen atoms in total. The van der Waals surface area contributed by atoms with Crippen LogP contribution in [-0.2, 0) is 4.74 Å². The lowest BCUT2D eigenvalue weighted by Crippen LogP contribution is -2.11. The molecule has 0 spiro atoms. The monoisotopic (exact) mass is 253 g/mol. The fraction of sp³-hybridized carbons (Fsp3) is 0.188. The van der Waals surface area contributed by atoms with Crippen LogP contribution < -0.4 is 5.32 Å². The SMILES string of the molecule is Cc1cccc(NC2OC(=O)c3ccccc32)c1C. The lowest BCUT2D eigenvalue weighted by atomic mass is 10.1. The van der Waals surface area contributed by atoms with Crippen LogP contribution in [0.2, 0.25) is 0 Å². The van der Waals surface area contributed by atoms with Crippen molar-refractivity contribution in [2.75, 3.05) is 5.32 Å². The van der Waals surface area contributed by atoms with Crippen LogP contribution in [0.15, 0.2) is 42.5 Å². The number of esters is 1. The van der Waals surface area contributed by atoms with Crippen LogP contribution in [0.5, 0.6) is 0 Å². The molecular formula is C16H15NO2. The minimum atomic E-state index is -0.399. The van der Waals surface area contributed by atoms with Crippen LogP contribution in [0.3, 0.4) is 0 Å². The predicted octanol–water partition coefficient (Wildman–Crippen LogP) is 3.58. The summed E-state index contributed by atoms with van der Waals surface area (Å²) in [5, 5.41) is 3.29. The minimum absolute atomic E-state index is 0.265. The van der Waals surface area contributed by atoms with Crippen LogP contribution >= 0.6 is 0 Å². The maximum absolute atomic E-state index is 11.8. The van der Waals surface area contributed by atoms with Crippen molar-refractivity contribution < 1.29 is 9.53 Å². The van der Waals surface area contributed by atoms with Crippen molar-refractivity contribution in [2.24, 2.45) is 0 Å². The Hall–Kier alpha value is -2.29. The first kappa shape index (κ1) is 11.8. The summed E-state index contributed by atoms with van der Waals surface area (Å²) < 4.78 is 5.38. The van der Waals surface area contributed by atoms with Crippen LogP contribution in [0.25, 0.3) is 0 Å². The second-order valence-corrected chi connectivity index (χ2v) is 4.76. The van der Waals surface area contributed by atoms with Gasteiger partial charge in [0.15, 0.2) is 0 Å². The molecule has 0 aromatic heterocycles. The molecule has 0 radical (unpaired) electrons. The third-order valence-corrected chi connectivity index (χ3v) is 3.58. The van der Waals surface area contributed by atoms with Gasteiger partial charge >= 0.3 is 5.97 Å². The molecule has 96 valence electrons. The van der Waals surface area contributed by atoms with Gasteiger partial charge in [-0.1, -0.05) is 30.3 Å². The Bertz CT molecular complexity index is 649. The van der Waals surface area contributed by atoms with E-state index < -0.39 is 6.23 Å². The number of ether oxygens (including phenoxy) is 1. The second-order valence-electron chi connectivity index (χ2n) is 4.76. The van der Waals surface area contributed by atoms with Crippen molar-refractivity contribution in [3.8, 4) is 0 Å². The Morgan fingerprint density at radius 1 is 1.05 bits per heavy atom. The quantitative estimate of drug-likeness (QED) is 0.831. The van der Waals surface area contributed by atoms with Crippen molar-refractivity contribution in [3.63, 3.8) is 0 Å². The third-order valence-electron chi connectivity index (χ3n) is 3.58. The van der Waals surface area contributed by atoms with Gasteiger partial charge in [0.2, 0.25) is 6.23 Å². The molecule has 1 aliphatic heterocycles. The van der Waals surface area contributed by atoms with Crippen LogP contribution in [0.1, 0.15) is 33.3 Å². The molecule has 2 aromatic carbocycles.